The van der Waals surface area contributed by atoms with Gasteiger partial charge < -0.3 is 9.64 Å². The fourth-order valence-electron chi connectivity index (χ4n) is 3.22. The van der Waals surface area contributed by atoms with Crippen molar-refractivity contribution in [2.75, 3.05) is 25.1 Å². The van der Waals surface area contributed by atoms with Gasteiger partial charge in [-0.2, -0.15) is 0 Å². The number of carbonyl (C=O) groups excluding carboxylic acids is 2. The fourth-order valence-corrected chi connectivity index (χ4v) is 4.22. The zero-order chi connectivity index (χ0) is 22.5. The molecule has 0 radical (unpaired) electrons. The number of rotatable bonds is 7. The summed E-state index contributed by atoms with van der Waals surface area (Å²) in [5, 5.41) is 0.328. The number of benzene rings is 3. The predicted octanol–water partition coefficient (Wildman–Crippen LogP) is 6.22. The van der Waals surface area contributed by atoms with Gasteiger partial charge in [0, 0.05) is 23.4 Å². The largest absolute Gasteiger partial charge is 0.492 e. The van der Waals surface area contributed by atoms with Crippen LogP contribution in [0.15, 0.2) is 83.8 Å². The first-order valence-corrected chi connectivity index (χ1v) is 11.2. The predicted molar refractivity (Wildman–Crippen MR) is 131 cm³/mol. The Morgan fingerprint density at radius 2 is 1.59 bits per heavy atom. The number of anilines is 2. The molecule has 0 atom stereocenters. The third-order valence-electron chi connectivity index (χ3n) is 4.99. The van der Waals surface area contributed by atoms with Crippen molar-refractivity contribution in [3.05, 3.63) is 94.4 Å². The van der Waals surface area contributed by atoms with Crippen LogP contribution in [-0.4, -0.2) is 36.2 Å². The molecule has 0 bridgehead atoms. The summed E-state index contributed by atoms with van der Waals surface area (Å²) in [5.74, 6) is 0.336. The second-order valence-electron chi connectivity index (χ2n) is 7.12. The Labute approximate surface area is 196 Å². The lowest BCUT2D eigenvalue weighted by Gasteiger charge is -2.19. The van der Waals surface area contributed by atoms with Crippen molar-refractivity contribution in [1.82, 2.24) is 4.90 Å². The topological polar surface area (TPSA) is 49.9 Å². The summed E-state index contributed by atoms with van der Waals surface area (Å²) in [6, 6.07) is 24.9. The maximum absolute atomic E-state index is 12.7. The van der Waals surface area contributed by atoms with Crippen LogP contribution in [0.5, 0.6) is 5.75 Å². The van der Waals surface area contributed by atoms with Crippen molar-refractivity contribution in [1.29, 1.82) is 0 Å². The Hall–Kier alpha value is -3.22. The van der Waals surface area contributed by atoms with Crippen molar-refractivity contribution < 1.29 is 14.3 Å². The Kier molecular flexibility index (Phi) is 6.83. The highest BCUT2D eigenvalue weighted by Gasteiger charge is 2.34. The van der Waals surface area contributed by atoms with Crippen LogP contribution in [0.4, 0.5) is 16.2 Å². The molecule has 3 aromatic carbocycles. The fraction of sp³-hybridized carbons (Fsp3) is 0.120. The maximum atomic E-state index is 12.7. The number of para-hydroxylation sites is 1. The van der Waals surface area contributed by atoms with Crippen molar-refractivity contribution in [2.24, 2.45) is 0 Å². The first-order valence-electron chi connectivity index (χ1n) is 10.0. The molecule has 1 aliphatic heterocycles. The number of imide groups is 1. The highest BCUT2D eigenvalue weighted by Crippen LogP contribution is 2.32. The molecule has 2 amide bonds. The molecule has 5 nitrogen and oxygen atoms in total. The molecule has 162 valence electrons. The summed E-state index contributed by atoms with van der Waals surface area (Å²) in [5.41, 5.74) is 2.97. The SMILES string of the molecule is CN(c1ccccc1)c1ccc(/C=C2\SC(=O)N(CCOc3ccc(Cl)cc3)C2=O)cc1. The first kappa shape index (κ1) is 22.0. The smallest absolute Gasteiger partial charge is 0.293 e. The molecule has 0 aromatic heterocycles. The number of hydrogen-bond donors (Lipinski definition) is 0. The minimum absolute atomic E-state index is 0.186. The van der Waals surface area contributed by atoms with Crippen LogP contribution in [0.2, 0.25) is 5.02 Å². The molecule has 0 saturated carbocycles. The van der Waals surface area contributed by atoms with Crippen LogP contribution in [0.1, 0.15) is 5.56 Å². The molecule has 0 aliphatic carbocycles. The van der Waals surface area contributed by atoms with Gasteiger partial charge in [0.25, 0.3) is 11.1 Å². The van der Waals surface area contributed by atoms with E-state index in [9.17, 15) is 9.59 Å². The lowest BCUT2D eigenvalue weighted by Crippen LogP contribution is -2.32. The second-order valence-corrected chi connectivity index (χ2v) is 8.55. The number of halogens is 1. The van der Waals surface area contributed by atoms with Gasteiger partial charge >= 0.3 is 0 Å². The third kappa shape index (κ3) is 5.15. The zero-order valence-corrected chi connectivity index (χ0v) is 19.0. The van der Waals surface area contributed by atoms with Crippen LogP contribution in [-0.2, 0) is 4.79 Å². The van der Waals surface area contributed by atoms with E-state index in [2.05, 4.69) is 4.90 Å². The number of ether oxygens (including phenoxy) is 1. The molecule has 3 aromatic rings. The van der Waals surface area contributed by atoms with Gasteiger partial charge in [0.1, 0.15) is 12.4 Å². The molecular weight excluding hydrogens is 444 g/mol. The quantitative estimate of drug-likeness (QED) is 0.388. The molecule has 0 unspecified atom stereocenters. The van der Waals surface area contributed by atoms with E-state index >= 15 is 0 Å². The molecule has 0 N–H and O–H groups in total. The number of amides is 2. The van der Waals surface area contributed by atoms with Crippen LogP contribution >= 0.6 is 23.4 Å². The van der Waals surface area contributed by atoms with Crippen molar-refractivity contribution in [3.8, 4) is 5.75 Å². The van der Waals surface area contributed by atoms with Gasteiger partial charge in [-0.25, -0.2) is 0 Å². The van der Waals surface area contributed by atoms with Gasteiger partial charge in [-0.05, 0) is 71.9 Å². The van der Waals surface area contributed by atoms with Crippen molar-refractivity contribution in [2.45, 2.75) is 0 Å². The van der Waals surface area contributed by atoms with Gasteiger partial charge in [0.05, 0.1) is 11.4 Å². The standard InChI is InChI=1S/C25H21ClN2O3S/c1-27(20-5-3-2-4-6-20)21-11-7-18(8-12-21)17-23-24(29)28(25(30)32-23)15-16-31-22-13-9-19(26)10-14-22/h2-14,17H,15-16H2,1H3/b23-17-. The molecule has 32 heavy (non-hydrogen) atoms. The molecule has 0 spiro atoms. The minimum atomic E-state index is -0.301. The summed E-state index contributed by atoms with van der Waals surface area (Å²) in [7, 11) is 2.00. The van der Waals surface area contributed by atoms with Crippen LogP contribution in [0, 0.1) is 0 Å². The average Bonchev–Trinajstić information content (AvgIpc) is 3.08. The van der Waals surface area contributed by atoms with E-state index in [1.807, 2.05) is 61.6 Å². The normalized spacial score (nSPS) is 14.8. The first-order chi connectivity index (χ1) is 15.5. The summed E-state index contributed by atoms with van der Waals surface area (Å²) in [6.45, 7) is 0.402. The highest BCUT2D eigenvalue weighted by molar-refractivity contribution is 8.18. The summed E-state index contributed by atoms with van der Waals surface area (Å²) in [4.78, 5) is 28.7. The van der Waals surface area contributed by atoms with Gasteiger partial charge in [-0.15, -0.1) is 0 Å². The number of hydrogen-bond acceptors (Lipinski definition) is 5. The third-order valence-corrected chi connectivity index (χ3v) is 6.15. The Morgan fingerprint density at radius 1 is 0.938 bits per heavy atom. The lowest BCUT2D eigenvalue weighted by atomic mass is 10.1. The van der Waals surface area contributed by atoms with Crippen molar-refractivity contribution in [3.63, 3.8) is 0 Å². The van der Waals surface area contributed by atoms with Gasteiger partial charge in [0.2, 0.25) is 0 Å². The molecule has 1 fully saturated rings. The number of thioether (sulfide) groups is 1. The van der Waals surface area contributed by atoms with E-state index in [0.717, 1.165) is 28.7 Å². The van der Waals surface area contributed by atoms with E-state index in [1.165, 1.54) is 4.90 Å². The average molecular weight is 465 g/mol. The minimum Gasteiger partial charge on any atom is -0.492 e. The van der Waals surface area contributed by atoms with Crippen LogP contribution in [0.25, 0.3) is 6.08 Å². The number of nitrogens with zero attached hydrogens (tertiary/aromatic N) is 2. The summed E-state index contributed by atoms with van der Waals surface area (Å²) >= 11 is 6.81. The molecule has 1 saturated heterocycles. The maximum Gasteiger partial charge on any atom is 0.293 e. The Bertz CT molecular complexity index is 1130. The lowest BCUT2D eigenvalue weighted by molar-refractivity contribution is -0.123. The summed E-state index contributed by atoms with van der Waals surface area (Å²) < 4.78 is 5.61. The van der Waals surface area contributed by atoms with E-state index < -0.39 is 0 Å². The van der Waals surface area contributed by atoms with E-state index in [-0.39, 0.29) is 24.3 Å². The number of carbonyl (C=O) groups is 2. The highest BCUT2D eigenvalue weighted by atomic mass is 35.5. The van der Waals surface area contributed by atoms with Gasteiger partial charge in [0.15, 0.2) is 0 Å². The van der Waals surface area contributed by atoms with Crippen LogP contribution < -0.4 is 9.64 Å². The van der Waals surface area contributed by atoms with E-state index in [1.54, 1.807) is 30.3 Å². The van der Waals surface area contributed by atoms with Gasteiger partial charge in [-0.1, -0.05) is 41.9 Å². The molecular formula is C25H21ClN2O3S. The molecule has 4 rings (SSSR count). The second kappa shape index (κ2) is 9.94. The van der Waals surface area contributed by atoms with Gasteiger partial charge in [-0.3, -0.25) is 14.5 Å². The van der Waals surface area contributed by atoms with E-state index in [4.69, 9.17) is 16.3 Å². The molecule has 1 aliphatic rings. The Balaban J connectivity index is 1.38. The molecule has 1 heterocycles. The summed E-state index contributed by atoms with van der Waals surface area (Å²) in [6.07, 6.45) is 1.75. The zero-order valence-electron chi connectivity index (χ0n) is 17.4. The molecule has 7 heteroatoms. The Morgan fingerprint density at radius 3 is 2.28 bits per heavy atom. The van der Waals surface area contributed by atoms with Crippen molar-refractivity contribution >= 4 is 52.0 Å². The van der Waals surface area contributed by atoms with E-state index in [0.29, 0.717) is 15.7 Å². The van der Waals surface area contributed by atoms with Crippen LogP contribution in [0.3, 0.4) is 0 Å². The monoisotopic (exact) mass is 464 g/mol.